The van der Waals surface area contributed by atoms with Crippen LogP contribution in [0.2, 0.25) is 0 Å². The van der Waals surface area contributed by atoms with Gasteiger partial charge < -0.3 is 9.15 Å². The third-order valence-electron chi connectivity index (χ3n) is 4.37. The van der Waals surface area contributed by atoms with Gasteiger partial charge in [-0.2, -0.15) is 0 Å². The lowest BCUT2D eigenvalue weighted by molar-refractivity contribution is -0.140. The van der Waals surface area contributed by atoms with E-state index < -0.39 is 17.8 Å². The van der Waals surface area contributed by atoms with Crippen molar-refractivity contribution in [3.05, 3.63) is 72.1 Å². The summed E-state index contributed by atoms with van der Waals surface area (Å²) in [5, 5.41) is 1.96. The van der Waals surface area contributed by atoms with Gasteiger partial charge in [-0.15, -0.1) is 0 Å². The molecule has 0 aliphatic carbocycles. The molecule has 3 aromatic rings. The van der Waals surface area contributed by atoms with Gasteiger partial charge in [0.1, 0.15) is 12.0 Å². The zero-order chi connectivity index (χ0) is 20.2. The van der Waals surface area contributed by atoms with E-state index in [1.54, 1.807) is 30.5 Å². The van der Waals surface area contributed by atoms with Crippen LogP contribution in [0.3, 0.4) is 0 Å². The predicted octanol–water partition coefficient (Wildman–Crippen LogP) is 2.54. The molecule has 1 N–H and O–H groups in total. The Morgan fingerprint density at radius 1 is 1.00 bits per heavy atom. The van der Waals surface area contributed by atoms with Crippen molar-refractivity contribution in [3.63, 3.8) is 0 Å². The smallest absolute Gasteiger partial charge is 0.331 e. The van der Waals surface area contributed by atoms with E-state index in [0.29, 0.717) is 30.2 Å². The molecule has 2 heterocycles. The van der Waals surface area contributed by atoms with Crippen LogP contribution in [0.5, 0.6) is 5.75 Å². The van der Waals surface area contributed by atoms with E-state index in [2.05, 4.69) is 4.98 Å². The number of hydrogen-bond donors (Lipinski definition) is 1. The molecule has 4 rings (SSSR count). The second-order valence-corrected chi connectivity index (χ2v) is 6.40. The van der Waals surface area contributed by atoms with Crippen LogP contribution in [0.15, 0.2) is 65.3 Å². The molecular formula is C21H17N3O5. The summed E-state index contributed by atoms with van der Waals surface area (Å²) in [4.78, 5) is 39.7. The summed E-state index contributed by atoms with van der Waals surface area (Å²) < 4.78 is 11.2. The maximum atomic E-state index is 11.6. The van der Waals surface area contributed by atoms with Crippen LogP contribution in [-0.4, -0.2) is 34.3 Å². The zero-order valence-corrected chi connectivity index (χ0v) is 15.3. The fourth-order valence-corrected chi connectivity index (χ4v) is 2.86. The van der Waals surface area contributed by atoms with Gasteiger partial charge in [0, 0.05) is 12.0 Å². The molecule has 1 saturated heterocycles. The van der Waals surface area contributed by atoms with E-state index in [4.69, 9.17) is 9.15 Å². The minimum atomic E-state index is -0.904. The molecule has 0 bridgehead atoms. The molecule has 1 aliphatic heterocycles. The number of benzene rings is 2. The first-order chi connectivity index (χ1) is 14.1. The molecule has 0 unspecified atom stereocenters. The molecule has 0 spiro atoms. The van der Waals surface area contributed by atoms with Gasteiger partial charge >= 0.3 is 17.8 Å². The van der Waals surface area contributed by atoms with E-state index in [0.717, 1.165) is 16.2 Å². The molecule has 4 amide bonds. The summed E-state index contributed by atoms with van der Waals surface area (Å²) in [6.45, 7) is 0.444. The molecule has 0 radical (unpaired) electrons. The quantitative estimate of drug-likeness (QED) is 0.491. The van der Waals surface area contributed by atoms with Gasteiger partial charge in [-0.05, 0) is 29.8 Å². The summed E-state index contributed by atoms with van der Waals surface area (Å²) in [6.07, 6.45) is 2.21. The molecule has 2 aromatic carbocycles. The lowest BCUT2D eigenvalue weighted by Crippen LogP contribution is -2.30. The van der Waals surface area contributed by atoms with Crippen molar-refractivity contribution in [2.24, 2.45) is 0 Å². The normalized spacial score (nSPS) is 13.7. The Balaban J connectivity index is 1.29. The second kappa shape index (κ2) is 7.97. The molecule has 1 aliphatic rings. The van der Waals surface area contributed by atoms with E-state index in [9.17, 15) is 14.4 Å². The van der Waals surface area contributed by atoms with Crippen LogP contribution in [0.4, 0.5) is 4.79 Å². The number of imide groups is 2. The van der Waals surface area contributed by atoms with E-state index in [1.807, 2.05) is 35.6 Å². The van der Waals surface area contributed by atoms with Crippen LogP contribution < -0.4 is 10.1 Å². The lowest BCUT2D eigenvalue weighted by atomic mass is 10.2. The first kappa shape index (κ1) is 18.4. The second-order valence-electron chi connectivity index (χ2n) is 6.40. The average Bonchev–Trinajstić information content (AvgIpc) is 3.30. The molecule has 8 heteroatoms. The van der Waals surface area contributed by atoms with Crippen LogP contribution in [0.25, 0.3) is 11.5 Å². The SMILES string of the molecule is O=C1NC(=O)N(Cc2ccc(OCCc3coc(-c4ccccc4)n3)cc2)C1=O. The molecule has 146 valence electrons. The number of amides is 4. The van der Waals surface area contributed by atoms with Crippen molar-refractivity contribution in [1.29, 1.82) is 0 Å². The summed E-state index contributed by atoms with van der Waals surface area (Å²) in [5.74, 6) is -0.534. The van der Waals surface area contributed by atoms with Gasteiger partial charge in [-0.3, -0.25) is 19.8 Å². The Bertz CT molecular complexity index is 1040. The fourth-order valence-electron chi connectivity index (χ4n) is 2.86. The minimum Gasteiger partial charge on any atom is -0.493 e. The number of urea groups is 1. The molecule has 29 heavy (non-hydrogen) atoms. The number of nitrogens with one attached hydrogen (secondary N) is 1. The van der Waals surface area contributed by atoms with Crippen LogP contribution in [0, 0.1) is 0 Å². The van der Waals surface area contributed by atoms with Gasteiger partial charge in [0.25, 0.3) is 0 Å². The van der Waals surface area contributed by atoms with Crippen molar-refractivity contribution in [3.8, 4) is 17.2 Å². The molecule has 0 saturated carbocycles. The highest BCUT2D eigenvalue weighted by atomic mass is 16.5. The third-order valence-corrected chi connectivity index (χ3v) is 4.37. The molecule has 1 fully saturated rings. The number of rotatable bonds is 7. The van der Waals surface area contributed by atoms with Crippen molar-refractivity contribution in [2.75, 3.05) is 6.61 Å². The highest BCUT2D eigenvalue weighted by Gasteiger charge is 2.36. The monoisotopic (exact) mass is 391 g/mol. The molecule has 1 aromatic heterocycles. The largest absolute Gasteiger partial charge is 0.493 e. The maximum absolute atomic E-state index is 11.6. The third kappa shape index (κ3) is 4.16. The number of ether oxygens (including phenoxy) is 1. The van der Waals surface area contributed by atoms with E-state index in [1.165, 1.54) is 0 Å². The van der Waals surface area contributed by atoms with Crippen LogP contribution in [-0.2, 0) is 22.6 Å². The number of aromatic nitrogens is 1. The summed E-state index contributed by atoms with van der Waals surface area (Å²) in [5.41, 5.74) is 2.42. The Kier molecular flexibility index (Phi) is 5.07. The van der Waals surface area contributed by atoms with Crippen molar-refractivity contribution >= 4 is 17.8 Å². The summed E-state index contributed by atoms with van der Waals surface area (Å²) in [6, 6.07) is 15.9. The number of carbonyl (C=O) groups excluding carboxylic acids is 3. The predicted molar refractivity (Wildman–Crippen MR) is 102 cm³/mol. The summed E-state index contributed by atoms with van der Waals surface area (Å²) >= 11 is 0. The Hall–Kier alpha value is -3.94. The zero-order valence-electron chi connectivity index (χ0n) is 15.3. The topological polar surface area (TPSA) is 102 Å². The van der Waals surface area contributed by atoms with Crippen molar-refractivity contribution < 1.29 is 23.5 Å². The molecule has 8 nitrogen and oxygen atoms in total. The summed E-state index contributed by atoms with van der Waals surface area (Å²) in [7, 11) is 0. The number of nitrogens with zero attached hydrogens (tertiary/aromatic N) is 2. The Morgan fingerprint density at radius 3 is 2.45 bits per heavy atom. The van der Waals surface area contributed by atoms with Crippen LogP contribution >= 0.6 is 0 Å². The average molecular weight is 391 g/mol. The first-order valence-electron chi connectivity index (χ1n) is 8.98. The maximum Gasteiger partial charge on any atom is 0.331 e. The van der Waals surface area contributed by atoms with E-state index in [-0.39, 0.29) is 6.54 Å². The van der Waals surface area contributed by atoms with Gasteiger partial charge in [0.2, 0.25) is 5.89 Å². The number of carbonyl (C=O) groups is 3. The van der Waals surface area contributed by atoms with Crippen molar-refractivity contribution in [1.82, 2.24) is 15.2 Å². The first-order valence-corrected chi connectivity index (χ1v) is 8.98. The standard InChI is InChI=1S/C21H17N3O5/c25-18-20(26)24(21(27)23-18)12-14-6-8-17(9-7-14)28-11-10-16-13-29-19(22-16)15-4-2-1-3-5-15/h1-9,13H,10-12H2,(H,23,25,27). The Morgan fingerprint density at radius 2 is 1.76 bits per heavy atom. The molecule has 0 atom stereocenters. The van der Waals surface area contributed by atoms with Crippen molar-refractivity contribution in [2.45, 2.75) is 13.0 Å². The Labute approximate surface area is 166 Å². The number of oxazole rings is 1. The van der Waals surface area contributed by atoms with Gasteiger partial charge in [-0.25, -0.2) is 9.78 Å². The van der Waals surface area contributed by atoms with Gasteiger partial charge in [0.05, 0.1) is 18.8 Å². The van der Waals surface area contributed by atoms with Gasteiger partial charge in [-0.1, -0.05) is 30.3 Å². The minimum absolute atomic E-state index is 0.0257. The highest BCUT2D eigenvalue weighted by Crippen LogP contribution is 2.19. The van der Waals surface area contributed by atoms with Gasteiger partial charge in [0.15, 0.2) is 0 Å². The lowest BCUT2D eigenvalue weighted by Gasteiger charge is -2.12. The number of hydrogen-bond acceptors (Lipinski definition) is 6. The highest BCUT2D eigenvalue weighted by molar-refractivity contribution is 6.44. The fraction of sp³-hybridized carbons (Fsp3) is 0.143. The van der Waals surface area contributed by atoms with E-state index >= 15 is 0 Å². The van der Waals surface area contributed by atoms with Crippen LogP contribution in [0.1, 0.15) is 11.3 Å². The molecular weight excluding hydrogens is 374 g/mol.